The standard InChI is InChI=1S/C24H22N4O2/c1-17(29)26-20-11-7-10-19(14-20)24(30)25-15-22-21-12-5-6-13-23(21)28(27-22)16-18-8-3-2-4-9-18/h2-14H,15-16H2,1H3,(H,25,30)(H,26,29). The zero-order valence-electron chi connectivity index (χ0n) is 16.6. The van der Waals surface area contributed by atoms with Crippen molar-refractivity contribution in [3.05, 3.63) is 95.7 Å². The summed E-state index contributed by atoms with van der Waals surface area (Å²) in [5.74, 6) is -0.396. The van der Waals surface area contributed by atoms with Crippen LogP contribution in [0.25, 0.3) is 10.9 Å². The fourth-order valence-electron chi connectivity index (χ4n) is 3.41. The van der Waals surface area contributed by atoms with Gasteiger partial charge in [-0.1, -0.05) is 54.6 Å². The van der Waals surface area contributed by atoms with E-state index in [1.165, 1.54) is 6.92 Å². The maximum atomic E-state index is 12.6. The molecule has 6 nitrogen and oxygen atoms in total. The van der Waals surface area contributed by atoms with Gasteiger partial charge in [0.15, 0.2) is 0 Å². The lowest BCUT2D eigenvalue weighted by Crippen LogP contribution is -2.23. The molecule has 1 heterocycles. The number of aromatic nitrogens is 2. The van der Waals surface area contributed by atoms with Crippen molar-refractivity contribution in [3.8, 4) is 0 Å². The summed E-state index contributed by atoms with van der Waals surface area (Å²) in [6, 6.07) is 25.0. The van der Waals surface area contributed by atoms with Crippen LogP contribution in [0, 0.1) is 0 Å². The second kappa shape index (κ2) is 8.61. The van der Waals surface area contributed by atoms with Crippen LogP contribution < -0.4 is 10.6 Å². The molecule has 0 bridgehead atoms. The third-order valence-corrected chi connectivity index (χ3v) is 4.77. The fraction of sp³-hybridized carbons (Fsp3) is 0.125. The Morgan fingerprint density at radius 3 is 2.50 bits per heavy atom. The number of nitrogens with one attached hydrogen (secondary N) is 2. The Hall–Kier alpha value is -3.93. The molecule has 0 saturated carbocycles. The van der Waals surface area contributed by atoms with Crippen molar-refractivity contribution >= 4 is 28.4 Å². The summed E-state index contributed by atoms with van der Waals surface area (Å²) in [5, 5.41) is 11.4. The molecule has 3 aromatic carbocycles. The highest BCUT2D eigenvalue weighted by Crippen LogP contribution is 2.20. The van der Waals surface area contributed by atoms with Crippen LogP contribution in [0.1, 0.15) is 28.5 Å². The Morgan fingerprint density at radius 1 is 0.933 bits per heavy atom. The molecule has 2 N–H and O–H groups in total. The van der Waals surface area contributed by atoms with E-state index in [4.69, 9.17) is 5.10 Å². The van der Waals surface area contributed by atoms with E-state index in [2.05, 4.69) is 22.8 Å². The van der Waals surface area contributed by atoms with E-state index in [0.717, 1.165) is 22.2 Å². The molecule has 30 heavy (non-hydrogen) atoms. The van der Waals surface area contributed by atoms with Gasteiger partial charge in [0.2, 0.25) is 5.91 Å². The molecule has 0 saturated heterocycles. The number of amides is 2. The van der Waals surface area contributed by atoms with Gasteiger partial charge < -0.3 is 10.6 Å². The number of hydrogen-bond acceptors (Lipinski definition) is 3. The highest BCUT2D eigenvalue weighted by atomic mass is 16.2. The average molecular weight is 398 g/mol. The van der Waals surface area contributed by atoms with Crippen molar-refractivity contribution in [2.75, 3.05) is 5.32 Å². The molecule has 0 fully saturated rings. The third-order valence-electron chi connectivity index (χ3n) is 4.77. The molecule has 0 aliphatic rings. The number of fused-ring (bicyclic) bond motifs is 1. The van der Waals surface area contributed by atoms with E-state index in [1.807, 2.05) is 47.1 Å². The van der Waals surface area contributed by atoms with Gasteiger partial charge >= 0.3 is 0 Å². The van der Waals surface area contributed by atoms with Gasteiger partial charge in [0.1, 0.15) is 0 Å². The summed E-state index contributed by atoms with van der Waals surface area (Å²) in [6.07, 6.45) is 0. The van der Waals surface area contributed by atoms with Crippen LogP contribution in [0.3, 0.4) is 0 Å². The van der Waals surface area contributed by atoms with E-state index in [9.17, 15) is 9.59 Å². The lowest BCUT2D eigenvalue weighted by Gasteiger charge is -2.07. The lowest BCUT2D eigenvalue weighted by molar-refractivity contribution is -0.114. The van der Waals surface area contributed by atoms with Gasteiger partial charge in [-0.15, -0.1) is 0 Å². The zero-order chi connectivity index (χ0) is 20.9. The molecule has 1 aromatic heterocycles. The Kier molecular flexibility index (Phi) is 5.57. The quantitative estimate of drug-likeness (QED) is 0.516. The second-order valence-corrected chi connectivity index (χ2v) is 7.05. The van der Waals surface area contributed by atoms with Crippen molar-refractivity contribution in [2.24, 2.45) is 0 Å². The SMILES string of the molecule is CC(=O)Nc1cccc(C(=O)NCc2nn(Cc3ccccc3)c3ccccc23)c1. The number of anilines is 1. The normalized spacial score (nSPS) is 10.7. The zero-order valence-corrected chi connectivity index (χ0v) is 16.6. The summed E-state index contributed by atoms with van der Waals surface area (Å²) >= 11 is 0. The van der Waals surface area contributed by atoms with E-state index < -0.39 is 0 Å². The molecule has 0 aliphatic carbocycles. The summed E-state index contributed by atoms with van der Waals surface area (Å²) in [7, 11) is 0. The molecule has 4 rings (SSSR count). The minimum atomic E-state index is -0.219. The van der Waals surface area contributed by atoms with Crippen LogP contribution in [0.15, 0.2) is 78.9 Å². The molecule has 2 amide bonds. The van der Waals surface area contributed by atoms with Gasteiger partial charge in [-0.2, -0.15) is 5.10 Å². The highest BCUT2D eigenvalue weighted by Gasteiger charge is 2.13. The van der Waals surface area contributed by atoms with Crippen LogP contribution >= 0.6 is 0 Å². The molecule has 0 spiro atoms. The first-order chi connectivity index (χ1) is 14.6. The Morgan fingerprint density at radius 2 is 1.70 bits per heavy atom. The largest absolute Gasteiger partial charge is 0.346 e. The van der Waals surface area contributed by atoms with Crippen LogP contribution in [-0.2, 0) is 17.9 Å². The molecule has 0 radical (unpaired) electrons. The number of para-hydroxylation sites is 1. The summed E-state index contributed by atoms with van der Waals surface area (Å²) in [6.45, 7) is 2.41. The third kappa shape index (κ3) is 4.38. The number of nitrogens with zero attached hydrogens (tertiary/aromatic N) is 2. The van der Waals surface area contributed by atoms with Gasteiger partial charge in [-0.3, -0.25) is 14.3 Å². The predicted molar refractivity (Wildman–Crippen MR) is 117 cm³/mol. The van der Waals surface area contributed by atoms with Crippen LogP contribution in [0.5, 0.6) is 0 Å². The molecule has 0 unspecified atom stereocenters. The van der Waals surface area contributed by atoms with Gasteiger partial charge in [-0.05, 0) is 29.8 Å². The fourth-order valence-corrected chi connectivity index (χ4v) is 3.41. The predicted octanol–water partition coefficient (Wildman–Crippen LogP) is 3.97. The van der Waals surface area contributed by atoms with Gasteiger partial charge in [0.25, 0.3) is 5.91 Å². The molecule has 0 atom stereocenters. The average Bonchev–Trinajstić information content (AvgIpc) is 3.10. The minimum absolute atomic E-state index is 0.178. The van der Waals surface area contributed by atoms with Crippen molar-refractivity contribution in [2.45, 2.75) is 20.0 Å². The molecule has 150 valence electrons. The van der Waals surface area contributed by atoms with E-state index in [0.29, 0.717) is 24.3 Å². The molecule has 4 aromatic rings. The minimum Gasteiger partial charge on any atom is -0.346 e. The van der Waals surface area contributed by atoms with Crippen molar-refractivity contribution in [3.63, 3.8) is 0 Å². The van der Waals surface area contributed by atoms with Crippen LogP contribution in [-0.4, -0.2) is 21.6 Å². The summed E-state index contributed by atoms with van der Waals surface area (Å²) in [4.78, 5) is 23.9. The molecule has 0 aliphatic heterocycles. The summed E-state index contributed by atoms with van der Waals surface area (Å²) < 4.78 is 1.96. The summed E-state index contributed by atoms with van der Waals surface area (Å²) in [5.41, 5.74) is 4.07. The highest BCUT2D eigenvalue weighted by molar-refractivity contribution is 5.97. The molecular formula is C24H22N4O2. The van der Waals surface area contributed by atoms with Crippen molar-refractivity contribution in [1.29, 1.82) is 0 Å². The Balaban J connectivity index is 1.53. The first kappa shape index (κ1) is 19.4. The van der Waals surface area contributed by atoms with Crippen molar-refractivity contribution in [1.82, 2.24) is 15.1 Å². The monoisotopic (exact) mass is 398 g/mol. The van der Waals surface area contributed by atoms with Crippen molar-refractivity contribution < 1.29 is 9.59 Å². The first-order valence-electron chi connectivity index (χ1n) is 9.74. The van der Waals surface area contributed by atoms with E-state index in [1.54, 1.807) is 24.3 Å². The smallest absolute Gasteiger partial charge is 0.251 e. The number of hydrogen-bond donors (Lipinski definition) is 2. The maximum Gasteiger partial charge on any atom is 0.251 e. The molecular weight excluding hydrogens is 376 g/mol. The van der Waals surface area contributed by atoms with Gasteiger partial charge in [0, 0.05) is 23.6 Å². The van der Waals surface area contributed by atoms with Crippen LogP contribution in [0.4, 0.5) is 5.69 Å². The number of carbonyl (C=O) groups excluding carboxylic acids is 2. The first-order valence-corrected chi connectivity index (χ1v) is 9.74. The number of rotatable bonds is 6. The van der Waals surface area contributed by atoms with Gasteiger partial charge in [0.05, 0.1) is 24.3 Å². The number of benzene rings is 3. The van der Waals surface area contributed by atoms with E-state index >= 15 is 0 Å². The van der Waals surface area contributed by atoms with Gasteiger partial charge in [-0.25, -0.2) is 0 Å². The topological polar surface area (TPSA) is 76.0 Å². The van der Waals surface area contributed by atoms with E-state index in [-0.39, 0.29) is 11.8 Å². The Labute approximate surface area is 174 Å². The number of carbonyl (C=O) groups is 2. The lowest BCUT2D eigenvalue weighted by atomic mass is 10.1. The Bertz CT molecular complexity index is 1200. The second-order valence-electron chi connectivity index (χ2n) is 7.05. The van der Waals surface area contributed by atoms with Crippen LogP contribution in [0.2, 0.25) is 0 Å². The maximum absolute atomic E-state index is 12.6. The molecule has 6 heteroatoms.